The number of rotatable bonds is 5. The van der Waals surface area contributed by atoms with Crippen LogP contribution < -0.4 is 5.32 Å². The Labute approximate surface area is 155 Å². The summed E-state index contributed by atoms with van der Waals surface area (Å²) < 4.78 is 0. The van der Waals surface area contributed by atoms with E-state index < -0.39 is 4.92 Å². The Hall–Kier alpha value is -2.05. The van der Waals surface area contributed by atoms with Gasteiger partial charge in [0, 0.05) is 17.0 Å². The fourth-order valence-corrected chi connectivity index (χ4v) is 3.76. The van der Waals surface area contributed by atoms with Crippen molar-refractivity contribution >= 4 is 40.6 Å². The summed E-state index contributed by atoms with van der Waals surface area (Å²) in [5.74, 6) is 0.0245. The third-order valence-corrected chi connectivity index (χ3v) is 5.70. The van der Waals surface area contributed by atoms with E-state index in [0.717, 1.165) is 4.90 Å². The summed E-state index contributed by atoms with van der Waals surface area (Å²) in [6, 6.07) is 6.12. The van der Waals surface area contributed by atoms with Crippen molar-refractivity contribution in [1.82, 2.24) is 0 Å². The van der Waals surface area contributed by atoms with Gasteiger partial charge in [-0.1, -0.05) is 17.7 Å². The summed E-state index contributed by atoms with van der Waals surface area (Å²) in [7, 11) is 0. The number of amides is 1. The lowest BCUT2D eigenvalue weighted by Crippen LogP contribution is -2.14. The molecule has 0 fully saturated rings. The van der Waals surface area contributed by atoms with Crippen LogP contribution in [0.3, 0.4) is 0 Å². The molecular weight excluding hydrogens is 360 g/mol. The van der Waals surface area contributed by atoms with E-state index in [0.29, 0.717) is 5.69 Å². The highest BCUT2D eigenvalue weighted by Gasteiger charge is 2.14. The van der Waals surface area contributed by atoms with Crippen molar-refractivity contribution in [2.75, 3.05) is 11.1 Å². The molecule has 0 aliphatic rings. The maximum atomic E-state index is 12.2. The molecule has 132 valence electrons. The molecule has 0 saturated heterocycles. The minimum Gasteiger partial charge on any atom is -0.324 e. The van der Waals surface area contributed by atoms with Crippen LogP contribution in [0.1, 0.15) is 22.3 Å². The molecule has 2 aromatic carbocycles. The topological polar surface area (TPSA) is 72.2 Å². The first kappa shape index (κ1) is 19.3. The van der Waals surface area contributed by atoms with Crippen LogP contribution in [0.5, 0.6) is 0 Å². The van der Waals surface area contributed by atoms with Gasteiger partial charge in [0.1, 0.15) is 0 Å². The number of thioether (sulfide) groups is 1. The lowest BCUT2D eigenvalue weighted by atomic mass is 10.0. The van der Waals surface area contributed by atoms with E-state index in [1.54, 1.807) is 0 Å². The zero-order valence-corrected chi connectivity index (χ0v) is 16.0. The zero-order chi connectivity index (χ0) is 18.7. The normalized spacial score (nSPS) is 10.6. The average molecular weight is 379 g/mol. The number of halogens is 1. The number of aryl methyl sites for hydroxylation is 2. The van der Waals surface area contributed by atoms with Gasteiger partial charge in [-0.25, -0.2) is 0 Å². The number of benzene rings is 2. The first-order valence-electron chi connectivity index (χ1n) is 7.64. The largest absolute Gasteiger partial charge is 0.324 e. The van der Waals surface area contributed by atoms with Crippen LogP contribution in [-0.2, 0) is 4.79 Å². The molecule has 2 aromatic rings. The lowest BCUT2D eigenvalue weighted by molar-refractivity contribution is -0.384. The van der Waals surface area contributed by atoms with Crippen molar-refractivity contribution in [1.29, 1.82) is 0 Å². The summed E-state index contributed by atoms with van der Waals surface area (Å²) in [5, 5.41) is 13.6. The SMILES string of the molecule is Cc1cc(C)c(C)c(SCC(=O)Nc2ccc([N+](=O)[O-])cc2Cl)c1C. The van der Waals surface area contributed by atoms with E-state index in [9.17, 15) is 14.9 Å². The molecule has 0 aliphatic carbocycles. The first-order chi connectivity index (χ1) is 11.7. The number of carbonyl (C=O) groups excluding carboxylic acids is 1. The maximum absolute atomic E-state index is 12.2. The summed E-state index contributed by atoms with van der Waals surface area (Å²) in [6.07, 6.45) is 0. The molecule has 0 radical (unpaired) electrons. The van der Waals surface area contributed by atoms with Crippen molar-refractivity contribution in [3.63, 3.8) is 0 Å². The summed E-state index contributed by atoms with van der Waals surface area (Å²) in [6.45, 7) is 8.22. The number of non-ortho nitro benzene ring substituents is 1. The van der Waals surface area contributed by atoms with Crippen LogP contribution >= 0.6 is 23.4 Å². The predicted molar refractivity (Wildman–Crippen MR) is 103 cm³/mol. The standard InChI is InChI=1S/C18H19ClN2O3S/c1-10-7-11(2)13(4)18(12(10)3)25-9-17(22)20-16-6-5-14(21(23)24)8-15(16)19/h5-8H,9H2,1-4H3,(H,20,22). The fraction of sp³-hybridized carbons (Fsp3) is 0.278. The van der Waals surface area contributed by atoms with Crippen LogP contribution in [0.15, 0.2) is 29.2 Å². The van der Waals surface area contributed by atoms with Gasteiger partial charge in [-0.05, 0) is 56.0 Å². The molecule has 0 heterocycles. The van der Waals surface area contributed by atoms with Gasteiger partial charge < -0.3 is 5.32 Å². The quantitative estimate of drug-likeness (QED) is 0.440. The van der Waals surface area contributed by atoms with E-state index in [4.69, 9.17) is 11.6 Å². The van der Waals surface area contributed by atoms with Crippen LogP contribution in [0.4, 0.5) is 11.4 Å². The minimum absolute atomic E-state index is 0.112. The Morgan fingerprint density at radius 2 is 1.76 bits per heavy atom. The lowest BCUT2D eigenvalue weighted by Gasteiger charge is -2.14. The maximum Gasteiger partial charge on any atom is 0.271 e. The summed E-state index contributed by atoms with van der Waals surface area (Å²) in [4.78, 5) is 23.5. The van der Waals surface area contributed by atoms with Crippen molar-refractivity contribution in [2.45, 2.75) is 32.6 Å². The Kier molecular flexibility index (Phi) is 6.08. The average Bonchev–Trinajstić information content (AvgIpc) is 2.54. The third-order valence-electron chi connectivity index (χ3n) is 4.08. The first-order valence-corrected chi connectivity index (χ1v) is 9.01. The number of anilines is 1. The van der Waals surface area contributed by atoms with Crippen LogP contribution in [0.25, 0.3) is 0 Å². The molecular formula is C18H19ClN2O3S. The number of hydrogen-bond acceptors (Lipinski definition) is 4. The van der Waals surface area contributed by atoms with Gasteiger partial charge in [-0.3, -0.25) is 14.9 Å². The van der Waals surface area contributed by atoms with E-state index in [1.165, 1.54) is 52.2 Å². The Morgan fingerprint density at radius 3 is 2.28 bits per heavy atom. The second kappa shape index (κ2) is 7.89. The van der Waals surface area contributed by atoms with E-state index in [1.807, 2.05) is 0 Å². The molecule has 0 spiro atoms. The van der Waals surface area contributed by atoms with Gasteiger partial charge in [0.2, 0.25) is 5.91 Å². The van der Waals surface area contributed by atoms with Gasteiger partial charge in [0.05, 0.1) is 21.4 Å². The van der Waals surface area contributed by atoms with Crippen LogP contribution in [0, 0.1) is 37.8 Å². The molecule has 2 rings (SSSR count). The molecule has 7 heteroatoms. The molecule has 0 atom stereocenters. The van der Waals surface area contributed by atoms with E-state index >= 15 is 0 Å². The molecule has 5 nitrogen and oxygen atoms in total. The fourth-order valence-electron chi connectivity index (χ4n) is 2.44. The Bertz CT molecular complexity index is 826. The second-order valence-electron chi connectivity index (χ2n) is 5.85. The van der Waals surface area contributed by atoms with Gasteiger partial charge in [0.15, 0.2) is 0 Å². The van der Waals surface area contributed by atoms with Crippen LogP contribution in [0.2, 0.25) is 5.02 Å². The number of nitro groups is 1. The molecule has 25 heavy (non-hydrogen) atoms. The second-order valence-corrected chi connectivity index (χ2v) is 7.24. The highest BCUT2D eigenvalue weighted by atomic mass is 35.5. The Morgan fingerprint density at radius 1 is 1.16 bits per heavy atom. The molecule has 0 saturated carbocycles. The number of nitrogens with zero attached hydrogens (tertiary/aromatic N) is 1. The van der Waals surface area contributed by atoms with Gasteiger partial charge in [0.25, 0.3) is 5.69 Å². The smallest absolute Gasteiger partial charge is 0.271 e. The molecule has 0 aliphatic heterocycles. The highest BCUT2D eigenvalue weighted by Crippen LogP contribution is 2.31. The van der Waals surface area contributed by atoms with Crippen molar-refractivity contribution < 1.29 is 9.72 Å². The number of hydrogen-bond donors (Lipinski definition) is 1. The summed E-state index contributed by atoms with van der Waals surface area (Å²) >= 11 is 7.48. The molecule has 0 bridgehead atoms. The van der Waals surface area contributed by atoms with Crippen LogP contribution in [-0.4, -0.2) is 16.6 Å². The highest BCUT2D eigenvalue weighted by molar-refractivity contribution is 8.00. The van der Waals surface area contributed by atoms with Gasteiger partial charge in [-0.2, -0.15) is 0 Å². The van der Waals surface area contributed by atoms with Gasteiger partial charge in [-0.15, -0.1) is 11.8 Å². The van der Waals surface area contributed by atoms with Gasteiger partial charge >= 0.3 is 0 Å². The van der Waals surface area contributed by atoms with Crippen molar-refractivity contribution in [3.8, 4) is 0 Å². The number of nitrogens with one attached hydrogen (secondary N) is 1. The molecule has 1 amide bonds. The number of nitro benzene ring substituents is 1. The molecule has 1 N–H and O–H groups in total. The van der Waals surface area contributed by atoms with Crippen molar-refractivity contribution in [2.24, 2.45) is 0 Å². The summed E-state index contributed by atoms with van der Waals surface area (Å²) in [5.41, 5.74) is 5.00. The van der Waals surface area contributed by atoms with E-state index in [2.05, 4.69) is 39.1 Å². The van der Waals surface area contributed by atoms with E-state index in [-0.39, 0.29) is 22.4 Å². The number of carbonyl (C=O) groups is 1. The zero-order valence-electron chi connectivity index (χ0n) is 14.5. The third kappa shape index (κ3) is 4.52. The molecule has 0 aromatic heterocycles. The van der Waals surface area contributed by atoms with Crippen molar-refractivity contribution in [3.05, 3.63) is 61.7 Å². The predicted octanol–water partition coefficient (Wildman–Crippen LogP) is 5.21. The minimum atomic E-state index is -0.529. The Balaban J connectivity index is 2.09. The molecule has 0 unspecified atom stereocenters. The monoisotopic (exact) mass is 378 g/mol.